The van der Waals surface area contributed by atoms with Crippen LogP contribution in [-0.2, 0) is 29.3 Å². The van der Waals surface area contributed by atoms with Gasteiger partial charge >= 0.3 is 6.18 Å². The number of rotatable bonds is 5. The molecule has 0 aliphatic carbocycles. The molecule has 0 saturated carbocycles. The first kappa shape index (κ1) is 17.7. The quantitative estimate of drug-likeness (QED) is 0.879. The van der Waals surface area contributed by atoms with E-state index in [4.69, 9.17) is 11.6 Å². The second-order valence-corrected chi connectivity index (χ2v) is 6.67. The van der Waals surface area contributed by atoms with Gasteiger partial charge in [-0.05, 0) is 25.1 Å². The number of hydrogen-bond acceptors (Lipinski definition) is 4. The molecular weight excluding hydrogens is 357 g/mol. The average Bonchev–Trinajstić information content (AvgIpc) is 2.91. The molecule has 126 valence electrons. The maximum atomic E-state index is 13.0. The van der Waals surface area contributed by atoms with Crippen LogP contribution in [0.4, 0.5) is 13.2 Å². The number of nitrogens with zero attached hydrogens (tertiary/aromatic N) is 3. The van der Waals surface area contributed by atoms with Crippen LogP contribution in [-0.4, -0.2) is 23.2 Å². The van der Waals surface area contributed by atoms with Crippen LogP contribution in [0.15, 0.2) is 29.4 Å². The molecule has 1 heterocycles. The van der Waals surface area contributed by atoms with Gasteiger partial charge in [-0.25, -0.2) is 13.1 Å². The summed E-state index contributed by atoms with van der Waals surface area (Å²) in [4.78, 5) is -0.892. The van der Waals surface area contributed by atoms with Gasteiger partial charge < -0.3 is 4.57 Å². The number of sulfonamides is 1. The maximum absolute atomic E-state index is 13.0. The Hall–Kier alpha value is -1.65. The molecule has 0 aliphatic rings. The average molecular weight is 369 g/mol. The number of aromatic nitrogens is 3. The summed E-state index contributed by atoms with van der Waals surface area (Å²) in [6, 6.07) is 2.47. The van der Waals surface area contributed by atoms with Gasteiger partial charge in [0, 0.05) is 11.6 Å². The van der Waals surface area contributed by atoms with E-state index in [2.05, 4.69) is 14.9 Å². The molecule has 1 aromatic carbocycles. The lowest BCUT2D eigenvalue weighted by Gasteiger charge is -2.14. The van der Waals surface area contributed by atoms with E-state index in [-0.39, 0.29) is 11.6 Å². The van der Waals surface area contributed by atoms with Crippen molar-refractivity contribution in [1.82, 2.24) is 19.5 Å². The molecule has 0 atom stereocenters. The van der Waals surface area contributed by atoms with Gasteiger partial charge in [0.1, 0.15) is 12.2 Å². The highest BCUT2D eigenvalue weighted by molar-refractivity contribution is 7.89. The van der Waals surface area contributed by atoms with Crippen LogP contribution in [0.5, 0.6) is 0 Å². The van der Waals surface area contributed by atoms with E-state index < -0.39 is 26.7 Å². The zero-order chi connectivity index (χ0) is 17.3. The van der Waals surface area contributed by atoms with E-state index in [1.807, 2.05) is 0 Å². The highest BCUT2D eigenvalue weighted by Gasteiger charge is 2.37. The van der Waals surface area contributed by atoms with Gasteiger partial charge in [0.15, 0.2) is 0 Å². The summed E-state index contributed by atoms with van der Waals surface area (Å²) in [5.41, 5.74) is -1.32. The van der Waals surface area contributed by atoms with Crippen molar-refractivity contribution in [2.24, 2.45) is 0 Å². The number of halogens is 4. The fraction of sp³-hybridized carbons (Fsp3) is 0.333. The van der Waals surface area contributed by atoms with Gasteiger partial charge in [-0.15, -0.1) is 10.2 Å². The fourth-order valence-electron chi connectivity index (χ4n) is 1.88. The van der Waals surface area contributed by atoms with Crippen LogP contribution in [0.25, 0.3) is 0 Å². The van der Waals surface area contributed by atoms with Crippen molar-refractivity contribution in [1.29, 1.82) is 0 Å². The molecule has 0 radical (unpaired) electrons. The number of aryl methyl sites for hydroxylation is 1. The SMILES string of the molecule is CCn1cnnc1CNS(=O)(=O)c1ccc(Cl)cc1C(F)(F)F. The van der Waals surface area contributed by atoms with Gasteiger partial charge in [-0.3, -0.25) is 0 Å². The van der Waals surface area contributed by atoms with Crippen molar-refractivity contribution < 1.29 is 21.6 Å². The van der Waals surface area contributed by atoms with E-state index in [1.54, 1.807) is 11.5 Å². The molecule has 2 rings (SSSR count). The summed E-state index contributed by atoms with van der Waals surface area (Å²) in [6.45, 7) is 2.01. The van der Waals surface area contributed by atoms with Crippen LogP contribution < -0.4 is 4.72 Å². The van der Waals surface area contributed by atoms with E-state index in [0.717, 1.165) is 12.1 Å². The topological polar surface area (TPSA) is 76.9 Å². The maximum Gasteiger partial charge on any atom is 0.417 e. The summed E-state index contributed by atoms with van der Waals surface area (Å²) in [5, 5.41) is 7.12. The number of benzene rings is 1. The number of alkyl halides is 3. The Morgan fingerprint density at radius 1 is 1.35 bits per heavy atom. The third-order valence-electron chi connectivity index (χ3n) is 2.99. The first-order valence-corrected chi connectivity index (χ1v) is 8.24. The lowest BCUT2D eigenvalue weighted by atomic mass is 10.2. The molecular formula is C12H12ClF3N4O2S. The number of nitrogens with one attached hydrogen (secondary N) is 1. The van der Waals surface area contributed by atoms with E-state index in [1.165, 1.54) is 6.33 Å². The van der Waals surface area contributed by atoms with E-state index in [9.17, 15) is 21.6 Å². The Morgan fingerprint density at radius 3 is 2.65 bits per heavy atom. The summed E-state index contributed by atoms with van der Waals surface area (Å²) >= 11 is 5.53. The summed E-state index contributed by atoms with van der Waals surface area (Å²) in [5.74, 6) is 0.290. The first-order valence-electron chi connectivity index (χ1n) is 6.38. The third kappa shape index (κ3) is 4.01. The molecule has 0 unspecified atom stereocenters. The van der Waals surface area contributed by atoms with Crippen LogP contribution >= 0.6 is 11.6 Å². The Balaban J connectivity index is 2.33. The monoisotopic (exact) mass is 368 g/mol. The molecule has 0 bridgehead atoms. The third-order valence-corrected chi connectivity index (χ3v) is 4.69. The normalized spacial score (nSPS) is 12.6. The predicted molar refractivity (Wildman–Crippen MR) is 76.2 cm³/mol. The second kappa shape index (κ2) is 6.46. The molecule has 0 aliphatic heterocycles. The van der Waals surface area contributed by atoms with Crippen LogP contribution in [0, 0.1) is 0 Å². The van der Waals surface area contributed by atoms with Crippen LogP contribution in [0.1, 0.15) is 18.3 Å². The molecule has 6 nitrogen and oxygen atoms in total. The summed E-state index contributed by atoms with van der Waals surface area (Å²) < 4.78 is 67.1. The minimum Gasteiger partial charge on any atom is -0.317 e. The standard InChI is InChI=1S/C12H12ClF3N4O2S/c1-2-20-7-17-19-11(20)6-18-23(21,22)10-4-3-8(13)5-9(10)12(14,15)16/h3-5,7,18H,2,6H2,1H3. The molecule has 11 heteroatoms. The van der Waals surface area contributed by atoms with Crippen molar-refractivity contribution in [3.8, 4) is 0 Å². The van der Waals surface area contributed by atoms with E-state index >= 15 is 0 Å². The van der Waals surface area contributed by atoms with Gasteiger partial charge in [0.05, 0.1) is 17.0 Å². The van der Waals surface area contributed by atoms with Crippen LogP contribution in [0.3, 0.4) is 0 Å². The van der Waals surface area contributed by atoms with Crippen molar-refractivity contribution in [2.45, 2.75) is 31.1 Å². The Labute approximate surface area is 135 Å². The number of hydrogen-bond donors (Lipinski definition) is 1. The summed E-state index contributed by atoms with van der Waals surface area (Å²) in [6.07, 6.45) is -3.45. The molecule has 1 aromatic heterocycles. The van der Waals surface area contributed by atoms with E-state index in [0.29, 0.717) is 18.4 Å². The Bertz CT molecular complexity index is 805. The second-order valence-electron chi connectivity index (χ2n) is 4.50. The molecule has 0 spiro atoms. The molecule has 23 heavy (non-hydrogen) atoms. The zero-order valence-electron chi connectivity index (χ0n) is 11.8. The van der Waals surface area contributed by atoms with Gasteiger partial charge in [0.25, 0.3) is 0 Å². The molecule has 1 N–H and O–H groups in total. The molecule has 2 aromatic rings. The molecule has 0 amide bonds. The Kier molecular flexibility index (Phi) is 4.97. The minimum atomic E-state index is -4.85. The van der Waals surface area contributed by atoms with Crippen molar-refractivity contribution in [2.75, 3.05) is 0 Å². The Morgan fingerprint density at radius 2 is 2.04 bits per heavy atom. The lowest BCUT2D eigenvalue weighted by molar-refractivity contribution is -0.139. The summed E-state index contributed by atoms with van der Waals surface area (Å²) in [7, 11) is -4.40. The zero-order valence-corrected chi connectivity index (χ0v) is 13.4. The highest BCUT2D eigenvalue weighted by Crippen LogP contribution is 2.35. The fourth-order valence-corrected chi connectivity index (χ4v) is 3.23. The van der Waals surface area contributed by atoms with Crippen molar-refractivity contribution in [3.63, 3.8) is 0 Å². The van der Waals surface area contributed by atoms with Crippen LogP contribution in [0.2, 0.25) is 5.02 Å². The van der Waals surface area contributed by atoms with Gasteiger partial charge in [0.2, 0.25) is 10.0 Å². The molecule has 0 fully saturated rings. The smallest absolute Gasteiger partial charge is 0.317 e. The van der Waals surface area contributed by atoms with Crippen molar-refractivity contribution >= 4 is 21.6 Å². The first-order chi connectivity index (χ1) is 10.6. The largest absolute Gasteiger partial charge is 0.417 e. The highest BCUT2D eigenvalue weighted by atomic mass is 35.5. The predicted octanol–water partition coefficient (Wildman–Crippen LogP) is 2.45. The van der Waals surface area contributed by atoms with Gasteiger partial charge in [-0.2, -0.15) is 13.2 Å². The van der Waals surface area contributed by atoms with Crippen molar-refractivity contribution in [3.05, 3.63) is 40.9 Å². The van der Waals surface area contributed by atoms with Gasteiger partial charge in [-0.1, -0.05) is 11.6 Å². The minimum absolute atomic E-state index is 0.206. The molecule has 0 saturated heterocycles. The lowest BCUT2D eigenvalue weighted by Crippen LogP contribution is -2.27.